The lowest BCUT2D eigenvalue weighted by atomic mass is 10.1. The van der Waals surface area contributed by atoms with Crippen molar-refractivity contribution in [3.8, 4) is 17.0 Å². The molecular weight excluding hydrogens is 523 g/mol. The van der Waals surface area contributed by atoms with Crippen molar-refractivity contribution in [1.82, 2.24) is 19.6 Å². The molecule has 1 saturated heterocycles. The molecule has 0 bridgehead atoms. The fourth-order valence-electron chi connectivity index (χ4n) is 4.26. The molecule has 1 fully saturated rings. The fourth-order valence-corrected chi connectivity index (χ4v) is 4.53. The van der Waals surface area contributed by atoms with Gasteiger partial charge < -0.3 is 14.8 Å². The van der Waals surface area contributed by atoms with Crippen molar-refractivity contribution >= 4 is 29.5 Å². The highest BCUT2D eigenvalue weighted by atomic mass is 35.5. The molecular formula is C26H27ClF3N5O3. The Kier molecular flexibility index (Phi) is 8.70. The van der Waals surface area contributed by atoms with Crippen LogP contribution < -0.4 is 10.1 Å². The van der Waals surface area contributed by atoms with E-state index in [9.17, 15) is 22.8 Å². The molecule has 202 valence electrons. The summed E-state index contributed by atoms with van der Waals surface area (Å²) in [6, 6.07) is 9.19. The number of aldehydes is 1. The minimum absolute atomic E-state index is 0.117. The van der Waals surface area contributed by atoms with Crippen LogP contribution in [0.15, 0.2) is 48.7 Å². The van der Waals surface area contributed by atoms with E-state index in [0.29, 0.717) is 47.4 Å². The Hall–Kier alpha value is -3.41. The summed E-state index contributed by atoms with van der Waals surface area (Å²) in [4.78, 5) is 27.8. The molecule has 2 heterocycles. The Balaban J connectivity index is 1.49. The first-order chi connectivity index (χ1) is 18.2. The number of amides is 1. The Morgan fingerprint density at radius 2 is 1.87 bits per heavy atom. The highest BCUT2D eigenvalue weighted by Gasteiger charge is 2.31. The molecule has 0 saturated carbocycles. The summed E-state index contributed by atoms with van der Waals surface area (Å²) in [6.45, 7) is 4.81. The standard InChI is InChI=1S/C26H27ClF3N5O3/c1-33-24(22(27)17-31-33)21-16-20(32-25(37)18-3-2-4-19(15-18)26(28,29)30)5-6-23(21)38-14-12-35-9-7-34(8-10-35)11-13-36/h2-6,13,15-17H,7-12,14H2,1H3,(H,32,37). The summed E-state index contributed by atoms with van der Waals surface area (Å²) in [5, 5.41) is 7.21. The summed E-state index contributed by atoms with van der Waals surface area (Å²) < 4.78 is 46.9. The minimum atomic E-state index is -4.55. The first kappa shape index (κ1) is 27.6. The quantitative estimate of drug-likeness (QED) is 0.403. The maximum absolute atomic E-state index is 13.1. The monoisotopic (exact) mass is 549 g/mol. The third-order valence-electron chi connectivity index (χ3n) is 6.30. The van der Waals surface area contributed by atoms with Gasteiger partial charge in [0.2, 0.25) is 0 Å². The van der Waals surface area contributed by atoms with Crippen LogP contribution in [0.25, 0.3) is 11.3 Å². The minimum Gasteiger partial charge on any atom is -0.492 e. The smallest absolute Gasteiger partial charge is 0.416 e. The van der Waals surface area contributed by atoms with E-state index in [0.717, 1.165) is 44.6 Å². The van der Waals surface area contributed by atoms with E-state index >= 15 is 0 Å². The van der Waals surface area contributed by atoms with E-state index in [1.54, 1.807) is 29.9 Å². The normalized spacial score (nSPS) is 14.9. The molecule has 1 amide bonds. The fraction of sp³-hybridized carbons (Fsp3) is 0.346. The first-order valence-corrected chi connectivity index (χ1v) is 12.3. The van der Waals surface area contributed by atoms with Gasteiger partial charge in [-0.15, -0.1) is 0 Å². The van der Waals surface area contributed by atoms with Gasteiger partial charge in [-0.25, -0.2) is 0 Å². The summed E-state index contributed by atoms with van der Waals surface area (Å²) in [5.41, 5.74) is 0.486. The molecule has 0 atom stereocenters. The second-order valence-electron chi connectivity index (χ2n) is 8.87. The lowest BCUT2D eigenvalue weighted by Gasteiger charge is -2.33. The molecule has 4 rings (SSSR count). The summed E-state index contributed by atoms with van der Waals surface area (Å²) in [5.74, 6) is -0.160. The number of nitrogens with zero attached hydrogens (tertiary/aromatic N) is 4. The zero-order valence-electron chi connectivity index (χ0n) is 20.7. The Bertz CT molecular complexity index is 1270. The number of carbonyl (C=O) groups excluding carboxylic acids is 2. The van der Waals surface area contributed by atoms with Gasteiger partial charge in [-0.05, 0) is 36.4 Å². The van der Waals surface area contributed by atoms with E-state index in [4.69, 9.17) is 16.3 Å². The number of piperazine rings is 1. The number of alkyl halides is 3. The first-order valence-electron chi connectivity index (χ1n) is 12.0. The van der Waals surface area contributed by atoms with Crippen LogP contribution in [-0.2, 0) is 18.0 Å². The van der Waals surface area contributed by atoms with E-state index in [1.807, 2.05) is 0 Å². The van der Waals surface area contributed by atoms with Crippen molar-refractivity contribution in [2.24, 2.45) is 7.05 Å². The van der Waals surface area contributed by atoms with Gasteiger partial charge in [-0.1, -0.05) is 17.7 Å². The van der Waals surface area contributed by atoms with Crippen LogP contribution in [0, 0.1) is 0 Å². The van der Waals surface area contributed by atoms with Crippen LogP contribution >= 0.6 is 11.6 Å². The molecule has 1 N–H and O–H groups in total. The summed E-state index contributed by atoms with van der Waals surface area (Å²) in [7, 11) is 1.72. The topological polar surface area (TPSA) is 79.7 Å². The number of halogens is 4. The number of rotatable bonds is 9. The molecule has 1 aliphatic heterocycles. The molecule has 1 aliphatic rings. The van der Waals surface area contributed by atoms with E-state index in [1.165, 1.54) is 18.3 Å². The van der Waals surface area contributed by atoms with Crippen LogP contribution in [-0.4, -0.2) is 77.6 Å². The van der Waals surface area contributed by atoms with Gasteiger partial charge in [0.1, 0.15) is 18.6 Å². The number of nitrogens with one attached hydrogen (secondary N) is 1. The maximum Gasteiger partial charge on any atom is 0.416 e. The van der Waals surface area contributed by atoms with Gasteiger partial charge >= 0.3 is 6.18 Å². The second kappa shape index (κ2) is 12.0. The molecule has 0 radical (unpaired) electrons. The third kappa shape index (κ3) is 6.72. The Morgan fingerprint density at radius 3 is 2.53 bits per heavy atom. The number of aromatic nitrogens is 2. The van der Waals surface area contributed by atoms with Crippen LogP contribution in [0.1, 0.15) is 15.9 Å². The molecule has 2 aromatic carbocycles. The molecule has 12 heteroatoms. The van der Waals surface area contributed by atoms with Gasteiger partial charge in [-0.2, -0.15) is 18.3 Å². The number of aryl methyl sites for hydroxylation is 1. The average molecular weight is 550 g/mol. The zero-order chi connectivity index (χ0) is 27.3. The number of hydrogen-bond acceptors (Lipinski definition) is 6. The lowest BCUT2D eigenvalue weighted by Crippen LogP contribution is -2.47. The molecule has 3 aromatic rings. The third-order valence-corrected chi connectivity index (χ3v) is 6.58. The van der Waals surface area contributed by atoms with Gasteiger partial charge in [0.25, 0.3) is 5.91 Å². The number of anilines is 1. The molecule has 0 aliphatic carbocycles. The van der Waals surface area contributed by atoms with Gasteiger partial charge in [0.05, 0.1) is 29.0 Å². The molecule has 1 aromatic heterocycles. The van der Waals surface area contributed by atoms with Gasteiger partial charge in [-0.3, -0.25) is 19.3 Å². The molecule has 8 nitrogen and oxygen atoms in total. The largest absolute Gasteiger partial charge is 0.492 e. The summed E-state index contributed by atoms with van der Waals surface area (Å²) >= 11 is 6.39. The van der Waals surface area contributed by atoms with Crippen molar-refractivity contribution in [2.75, 3.05) is 51.2 Å². The van der Waals surface area contributed by atoms with E-state index in [-0.39, 0.29) is 5.56 Å². The predicted octanol–water partition coefficient (Wildman–Crippen LogP) is 4.21. The van der Waals surface area contributed by atoms with Crippen molar-refractivity contribution in [3.05, 3.63) is 64.8 Å². The molecule has 0 unspecified atom stereocenters. The summed E-state index contributed by atoms with van der Waals surface area (Å²) in [6.07, 6.45) is -2.15. The number of hydrogen-bond donors (Lipinski definition) is 1. The van der Waals surface area contributed by atoms with Crippen molar-refractivity contribution in [2.45, 2.75) is 6.18 Å². The zero-order valence-corrected chi connectivity index (χ0v) is 21.4. The van der Waals surface area contributed by atoms with Crippen molar-refractivity contribution < 1.29 is 27.5 Å². The van der Waals surface area contributed by atoms with Crippen LogP contribution in [0.5, 0.6) is 5.75 Å². The maximum atomic E-state index is 13.1. The second-order valence-corrected chi connectivity index (χ2v) is 9.27. The predicted molar refractivity (Wildman–Crippen MR) is 137 cm³/mol. The lowest BCUT2D eigenvalue weighted by molar-refractivity contribution is -0.137. The van der Waals surface area contributed by atoms with Gasteiger partial charge in [0, 0.05) is 56.6 Å². The average Bonchev–Trinajstić information content (AvgIpc) is 3.23. The Labute approximate surface area is 222 Å². The molecule has 0 spiro atoms. The number of ether oxygens (including phenoxy) is 1. The van der Waals surface area contributed by atoms with Crippen LogP contribution in [0.3, 0.4) is 0 Å². The highest BCUT2D eigenvalue weighted by Crippen LogP contribution is 2.37. The molecule has 38 heavy (non-hydrogen) atoms. The van der Waals surface area contributed by atoms with Crippen LogP contribution in [0.4, 0.5) is 18.9 Å². The van der Waals surface area contributed by atoms with Crippen molar-refractivity contribution in [3.63, 3.8) is 0 Å². The Morgan fingerprint density at radius 1 is 1.13 bits per heavy atom. The van der Waals surface area contributed by atoms with Gasteiger partial charge in [0.15, 0.2) is 0 Å². The van der Waals surface area contributed by atoms with Crippen molar-refractivity contribution in [1.29, 1.82) is 0 Å². The number of benzene rings is 2. The van der Waals surface area contributed by atoms with E-state index in [2.05, 4.69) is 20.2 Å². The van der Waals surface area contributed by atoms with Crippen LogP contribution in [0.2, 0.25) is 5.02 Å². The SMILES string of the molecule is Cn1ncc(Cl)c1-c1cc(NC(=O)c2cccc(C(F)(F)F)c2)ccc1OCCN1CCN(CC=O)CC1. The highest BCUT2D eigenvalue weighted by molar-refractivity contribution is 6.33. The van der Waals surface area contributed by atoms with E-state index < -0.39 is 17.6 Å². The number of carbonyl (C=O) groups is 2.